The summed E-state index contributed by atoms with van der Waals surface area (Å²) in [6.45, 7) is 8.35. The Morgan fingerprint density at radius 2 is 1.82 bits per heavy atom. The summed E-state index contributed by atoms with van der Waals surface area (Å²) in [5, 5.41) is 0.128. The van der Waals surface area contributed by atoms with Gasteiger partial charge >= 0.3 is 6.09 Å². The summed E-state index contributed by atoms with van der Waals surface area (Å²) >= 11 is 5.93. The molecule has 1 aromatic carbocycles. The third-order valence-corrected chi connectivity index (χ3v) is 7.60. The third kappa shape index (κ3) is 7.38. The van der Waals surface area contributed by atoms with Gasteiger partial charge in [-0.1, -0.05) is 17.7 Å². The smallest absolute Gasteiger partial charge is 0.410 e. The molecule has 0 bridgehead atoms. The van der Waals surface area contributed by atoms with Gasteiger partial charge < -0.3 is 14.4 Å². The lowest BCUT2D eigenvalue weighted by molar-refractivity contribution is 0.0139. The van der Waals surface area contributed by atoms with Crippen LogP contribution in [0.15, 0.2) is 53.7 Å². The molecule has 0 radical (unpaired) electrons. The average Bonchev–Trinajstić information content (AvgIpc) is 2.88. The largest absolute Gasteiger partial charge is 0.480 e. The van der Waals surface area contributed by atoms with E-state index in [9.17, 15) is 13.2 Å². The monoisotopic (exact) mass is 591 g/mol. The van der Waals surface area contributed by atoms with Crippen molar-refractivity contribution < 1.29 is 27.1 Å². The molecule has 1 fully saturated rings. The molecule has 214 valence electrons. The Morgan fingerprint density at radius 3 is 2.48 bits per heavy atom. The van der Waals surface area contributed by atoms with Crippen LogP contribution in [-0.4, -0.2) is 73.2 Å². The number of carbonyl (C=O) groups excluding carboxylic acids is 1. The molecular weight excluding hydrogens is 561 g/mol. The van der Waals surface area contributed by atoms with Gasteiger partial charge in [0, 0.05) is 50.7 Å². The number of anilines is 1. The summed E-state index contributed by atoms with van der Waals surface area (Å²) in [4.78, 5) is 24.0. The second-order valence-corrected chi connectivity index (χ2v) is 12.3. The SMILES string of the molecule is COc1ncc(Cl)cc1S(=O)(=O)Nc1ccnc(-c2ccc(CN3CCN(C(=O)OC(C)(C)C)CC3)cc2F)c1. The van der Waals surface area contributed by atoms with Crippen LogP contribution < -0.4 is 9.46 Å². The van der Waals surface area contributed by atoms with Gasteiger partial charge in [0.15, 0.2) is 4.90 Å². The van der Waals surface area contributed by atoms with Gasteiger partial charge in [0.05, 0.1) is 23.5 Å². The molecule has 40 heavy (non-hydrogen) atoms. The van der Waals surface area contributed by atoms with Crippen molar-refractivity contribution in [3.05, 3.63) is 65.2 Å². The highest BCUT2D eigenvalue weighted by Gasteiger charge is 2.26. The molecule has 2 aromatic heterocycles. The Balaban J connectivity index is 1.43. The molecule has 3 heterocycles. The van der Waals surface area contributed by atoms with Gasteiger partial charge in [-0.15, -0.1) is 0 Å². The highest BCUT2D eigenvalue weighted by atomic mass is 35.5. The topological polar surface area (TPSA) is 114 Å². The van der Waals surface area contributed by atoms with Crippen molar-refractivity contribution in [2.24, 2.45) is 0 Å². The Kier molecular flexibility index (Phi) is 8.81. The van der Waals surface area contributed by atoms with E-state index in [2.05, 4.69) is 19.6 Å². The number of rotatable bonds is 7. The quantitative estimate of drug-likeness (QED) is 0.417. The number of carbonyl (C=O) groups is 1. The molecule has 4 rings (SSSR count). The lowest BCUT2D eigenvalue weighted by Crippen LogP contribution is -2.49. The molecule has 0 spiro atoms. The van der Waals surface area contributed by atoms with Crippen LogP contribution in [0.25, 0.3) is 11.3 Å². The first kappa shape index (κ1) is 29.5. The number of methoxy groups -OCH3 is 1. The zero-order valence-electron chi connectivity index (χ0n) is 22.6. The first-order valence-electron chi connectivity index (χ1n) is 12.5. The number of halogens is 2. The molecule has 1 saturated heterocycles. The zero-order chi connectivity index (χ0) is 29.1. The van der Waals surface area contributed by atoms with Gasteiger partial charge in [0.2, 0.25) is 5.88 Å². The van der Waals surface area contributed by atoms with E-state index in [1.54, 1.807) is 17.0 Å². The highest BCUT2D eigenvalue weighted by Crippen LogP contribution is 2.29. The third-order valence-electron chi connectivity index (χ3n) is 6.02. The molecule has 1 N–H and O–H groups in total. The summed E-state index contributed by atoms with van der Waals surface area (Å²) in [6, 6.07) is 8.99. The van der Waals surface area contributed by atoms with Gasteiger partial charge in [-0.3, -0.25) is 14.6 Å². The number of piperazine rings is 1. The summed E-state index contributed by atoms with van der Waals surface area (Å²) in [5.41, 5.74) is 0.878. The Hall–Kier alpha value is -3.48. The minimum absolute atomic E-state index is 0.112. The molecule has 0 aliphatic carbocycles. The van der Waals surface area contributed by atoms with Crippen LogP contribution in [-0.2, 0) is 21.3 Å². The van der Waals surface area contributed by atoms with Crippen LogP contribution in [0.2, 0.25) is 5.02 Å². The van der Waals surface area contributed by atoms with E-state index in [-0.39, 0.29) is 38.8 Å². The molecule has 0 atom stereocenters. The van der Waals surface area contributed by atoms with E-state index < -0.39 is 21.4 Å². The molecule has 10 nitrogen and oxygen atoms in total. The van der Waals surface area contributed by atoms with E-state index in [1.165, 1.54) is 43.8 Å². The van der Waals surface area contributed by atoms with Crippen molar-refractivity contribution in [3.63, 3.8) is 0 Å². The maximum atomic E-state index is 15.2. The van der Waals surface area contributed by atoms with Crippen molar-refractivity contribution >= 4 is 33.4 Å². The first-order valence-corrected chi connectivity index (χ1v) is 14.4. The molecule has 13 heteroatoms. The summed E-state index contributed by atoms with van der Waals surface area (Å²) < 4.78 is 54.1. The number of ether oxygens (including phenoxy) is 2. The molecule has 1 aliphatic rings. The lowest BCUT2D eigenvalue weighted by Gasteiger charge is -2.35. The van der Waals surface area contributed by atoms with Crippen molar-refractivity contribution in [2.75, 3.05) is 38.0 Å². The molecule has 3 aromatic rings. The minimum atomic E-state index is -4.11. The van der Waals surface area contributed by atoms with Gasteiger partial charge in [-0.05, 0) is 56.7 Å². The Labute approximate surface area is 238 Å². The van der Waals surface area contributed by atoms with Crippen molar-refractivity contribution in [1.29, 1.82) is 0 Å². The maximum Gasteiger partial charge on any atom is 0.410 e. The molecule has 1 amide bonds. The number of nitrogens with one attached hydrogen (secondary N) is 1. The van der Waals surface area contributed by atoms with Crippen LogP contribution >= 0.6 is 11.6 Å². The van der Waals surface area contributed by atoms with Gasteiger partial charge in [0.25, 0.3) is 10.0 Å². The standard InChI is InChI=1S/C27H31ClFN5O5S/c1-27(2,3)39-26(35)34-11-9-33(10-12-34)17-18-5-6-21(22(29)13-18)23-15-20(7-8-30-23)32-40(36,37)24-14-19(28)16-31-25(24)38-4/h5-8,13-16H,9-12,17H2,1-4H3,(H,30,32). The number of hydrogen-bond acceptors (Lipinski definition) is 8. The van der Waals surface area contributed by atoms with Crippen LogP contribution in [0.4, 0.5) is 14.9 Å². The number of pyridine rings is 2. The van der Waals surface area contributed by atoms with Crippen LogP contribution in [0.3, 0.4) is 0 Å². The highest BCUT2D eigenvalue weighted by molar-refractivity contribution is 7.92. The maximum absolute atomic E-state index is 15.2. The summed E-state index contributed by atoms with van der Waals surface area (Å²) in [6.07, 6.45) is 2.33. The van der Waals surface area contributed by atoms with Crippen molar-refractivity contribution in [2.45, 2.75) is 37.8 Å². The van der Waals surface area contributed by atoms with E-state index in [4.69, 9.17) is 21.1 Å². The van der Waals surface area contributed by atoms with E-state index in [0.717, 1.165) is 5.56 Å². The molecular formula is C27H31ClFN5O5S. The van der Waals surface area contributed by atoms with Gasteiger partial charge in [-0.2, -0.15) is 0 Å². The number of hydrogen-bond donors (Lipinski definition) is 1. The predicted molar refractivity (Wildman–Crippen MR) is 149 cm³/mol. The van der Waals surface area contributed by atoms with Crippen LogP contribution in [0.1, 0.15) is 26.3 Å². The van der Waals surface area contributed by atoms with E-state index >= 15 is 4.39 Å². The fraction of sp³-hybridized carbons (Fsp3) is 0.370. The second-order valence-electron chi connectivity index (χ2n) is 10.3. The van der Waals surface area contributed by atoms with E-state index in [0.29, 0.717) is 32.7 Å². The van der Waals surface area contributed by atoms with E-state index in [1.807, 2.05) is 20.8 Å². The predicted octanol–water partition coefficient (Wildman–Crippen LogP) is 4.80. The number of sulfonamides is 1. The second kappa shape index (κ2) is 11.9. The molecule has 0 saturated carbocycles. The molecule has 0 unspecified atom stereocenters. The van der Waals surface area contributed by atoms with Gasteiger partial charge in [0.1, 0.15) is 11.4 Å². The fourth-order valence-electron chi connectivity index (χ4n) is 4.14. The lowest BCUT2D eigenvalue weighted by atomic mass is 10.1. The summed E-state index contributed by atoms with van der Waals surface area (Å²) in [7, 11) is -2.81. The number of benzene rings is 1. The molecule has 1 aliphatic heterocycles. The van der Waals surface area contributed by atoms with Crippen LogP contribution in [0, 0.1) is 5.82 Å². The number of aromatic nitrogens is 2. The Bertz CT molecular complexity index is 1490. The number of amides is 1. The zero-order valence-corrected chi connectivity index (χ0v) is 24.2. The van der Waals surface area contributed by atoms with Gasteiger partial charge in [-0.25, -0.2) is 22.6 Å². The summed E-state index contributed by atoms with van der Waals surface area (Å²) in [5.74, 6) is -0.600. The normalized spacial score (nSPS) is 14.6. The Morgan fingerprint density at radius 1 is 1.10 bits per heavy atom. The van der Waals surface area contributed by atoms with Crippen molar-refractivity contribution in [1.82, 2.24) is 19.8 Å². The minimum Gasteiger partial charge on any atom is -0.480 e. The van der Waals surface area contributed by atoms with Crippen molar-refractivity contribution in [3.8, 4) is 17.1 Å². The van der Waals surface area contributed by atoms with Crippen LogP contribution in [0.5, 0.6) is 5.88 Å². The fourth-order valence-corrected chi connectivity index (χ4v) is 5.56. The average molecular weight is 592 g/mol. The number of nitrogens with zero attached hydrogens (tertiary/aromatic N) is 4. The first-order chi connectivity index (χ1) is 18.8.